The Kier molecular flexibility index (Phi) is 5.17. The lowest BCUT2D eigenvalue weighted by atomic mass is 10.1. The molecule has 1 saturated heterocycles. The Hall–Kier alpha value is -0.380. The maximum Gasteiger partial charge on any atom is 0.320 e. The van der Waals surface area contributed by atoms with Crippen LogP contribution in [0, 0.1) is 5.92 Å². The molecule has 0 saturated carbocycles. The summed E-state index contributed by atoms with van der Waals surface area (Å²) >= 11 is 1.86. The fourth-order valence-corrected chi connectivity index (χ4v) is 3.76. The molecule has 0 aromatic carbocycles. The lowest BCUT2D eigenvalue weighted by Gasteiger charge is -2.11. The molecule has 1 heterocycles. The van der Waals surface area contributed by atoms with Gasteiger partial charge in [0.15, 0.2) is 9.84 Å². The molecule has 2 unspecified atom stereocenters. The Bertz CT molecular complexity index is 408. The van der Waals surface area contributed by atoms with Gasteiger partial charge >= 0.3 is 5.97 Å². The third-order valence-electron chi connectivity index (χ3n) is 2.52. The zero-order valence-electron chi connectivity index (χ0n) is 9.31. The summed E-state index contributed by atoms with van der Waals surface area (Å²) in [4.78, 5) is 22.7. The van der Waals surface area contributed by atoms with Gasteiger partial charge in [0.05, 0.1) is 24.5 Å². The molecule has 1 rings (SSSR count). The Balaban J connectivity index is 2.39. The van der Waals surface area contributed by atoms with E-state index in [1.165, 1.54) is 7.11 Å². The van der Waals surface area contributed by atoms with Crippen LogP contribution in [0.2, 0.25) is 0 Å². The molecule has 1 fully saturated rings. The van der Waals surface area contributed by atoms with E-state index >= 15 is 0 Å². The molecule has 2 atom stereocenters. The summed E-state index contributed by atoms with van der Waals surface area (Å²) < 4.78 is 26.4. The molecule has 1 aliphatic heterocycles. The lowest BCUT2D eigenvalue weighted by Crippen LogP contribution is -2.37. The van der Waals surface area contributed by atoms with Crippen molar-refractivity contribution in [2.75, 3.05) is 25.2 Å². The number of hydrogen-bond donors (Lipinski definition) is 1. The molecule has 1 aliphatic rings. The minimum atomic E-state index is -3.05. The molecule has 0 aromatic heterocycles. The molecule has 0 aliphatic carbocycles. The quantitative estimate of drug-likeness (QED) is 0.407. The number of carbonyl (C=O) groups is 2. The normalized spacial score (nSPS) is 24.0. The van der Waals surface area contributed by atoms with E-state index in [9.17, 15) is 18.0 Å². The maximum absolute atomic E-state index is 11.6. The highest BCUT2D eigenvalue weighted by Crippen LogP contribution is 2.18. The van der Waals surface area contributed by atoms with E-state index in [2.05, 4.69) is 10.1 Å². The van der Waals surface area contributed by atoms with Gasteiger partial charge in [-0.05, 0) is 6.42 Å². The van der Waals surface area contributed by atoms with Gasteiger partial charge in [0.2, 0.25) is 5.91 Å². The van der Waals surface area contributed by atoms with Gasteiger partial charge in [0.25, 0.3) is 0 Å². The number of hydrogen-bond acceptors (Lipinski definition) is 5. The highest BCUT2D eigenvalue weighted by molar-refractivity contribution is 14.1. The number of rotatable bonds is 4. The summed E-state index contributed by atoms with van der Waals surface area (Å²) in [5.74, 6) is -1.23. The van der Waals surface area contributed by atoms with Crippen LogP contribution in [-0.4, -0.2) is 49.4 Å². The number of alkyl halides is 1. The Morgan fingerprint density at radius 1 is 1.53 bits per heavy atom. The molecule has 0 bridgehead atoms. The molecule has 0 aromatic rings. The highest BCUT2D eigenvalue weighted by Gasteiger charge is 2.33. The molecule has 8 heteroatoms. The first-order valence-electron chi connectivity index (χ1n) is 5.06. The van der Waals surface area contributed by atoms with E-state index in [-0.39, 0.29) is 24.0 Å². The van der Waals surface area contributed by atoms with Crippen LogP contribution in [0.5, 0.6) is 0 Å². The van der Waals surface area contributed by atoms with E-state index in [0.29, 0.717) is 6.42 Å². The van der Waals surface area contributed by atoms with Gasteiger partial charge in [-0.15, -0.1) is 0 Å². The first-order chi connectivity index (χ1) is 7.85. The SMILES string of the molecule is COC(=O)C(I)CNC(=O)C1CCS(=O)(=O)C1. The topological polar surface area (TPSA) is 89.5 Å². The number of ether oxygens (including phenoxy) is 1. The number of esters is 1. The third kappa shape index (κ3) is 4.41. The molecule has 17 heavy (non-hydrogen) atoms. The van der Waals surface area contributed by atoms with Gasteiger partial charge in [0, 0.05) is 6.54 Å². The Labute approximate surface area is 114 Å². The zero-order valence-corrected chi connectivity index (χ0v) is 12.3. The second-order valence-corrected chi connectivity index (χ2v) is 7.57. The first-order valence-corrected chi connectivity index (χ1v) is 8.12. The van der Waals surface area contributed by atoms with E-state index in [0.717, 1.165) is 0 Å². The van der Waals surface area contributed by atoms with Crippen LogP contribution in [0.25, 0.3) is 0 Å². The molecule has 1 amide bonds. The Morgan fingerprint density at radius 3 is 2.65 bits per heavy atom. The van der Waals surface area contributed by atoms with Gasteiger partial charge in [-0.25, -0.2) is 8.42 Å². The summed E-state index contributed by atoms with van der Waals surface area (Å²) in [5.41, 5.74) is 0. The van der Waals surface area contributed by atoms with Crippen LogP contribution >= 0.6 is 22.6 Å². The van der Waals surface area contributed by atoms with Crippen molar-refractivity contribution in [3.05, 3.63) is 0 Å². The van der Waals surface area contributed by atoms with Crippen LogP contribution in [0.3, 0.4) is 0 Å². The van der Waals surface area contributed by atoms with Gasteiger partial charge in [-0.3, -0.25) is 9.59 Å². The molecular weight excluding hydrogens is 361 g/mol. The lowest BCUT2D eigenvalue weighted by molar-refractivity contribution is -0.139. The van der Waals surface area contributed by atoms with Crippen molar-refractivity contribution in [1.82, 2.24) is 5.32 Å². The summed E-state index contributed by atoms with van der Waals surface area (Å²) in [7, 11) is -1.78. The van der Waals surface area contributed by atoms with Gasteiger partial charge in [-0.1, -0.05) is 22.6 Å². The van der Waals surface area contributed by atoms with E-state index in [1.807, 2.05) is 22.6 Å². The van der Waals surface area contributed by atoms with Crippen molar-refractivity contribution in [3.8, 4) is 0 Å². The molecule has 98 valence electrons. The van der Waals surface area contributed by atoms with Crippen LogP contribution in [0.4, 0.5) is 0 Å². The minimum absolute atomic E-state index is 0.0652. The maximum atomic E-state index is 11.6. The van der Waals surface area contributed by atoms with Crippen molar-refractivity contribution in [3.63, 3.8) is 0 Å². The van der Waals surface area contributed by atoms with Crippen LogP contribution < -0.4 is 5.32 Å². The predicted molar refractivity (Wildman–Crippen MR) is 69.6 cm³/mol. The summed E-state index contributed by atoms with van der Waals surface area (Å²) in [6.45, 7) is 0.155. The second-order valence-electron chi connectivity index (χ2n) is 3.84. The third-order valence-corrected chi connectivity index (χ3v) is 5.23. The second kappa shape index (κ2) is 5.98. The molecule has 0 spiro atoms. The van der Waals surface area contributed by atoms with Crippen molar-refractivity contribution >= 4 is 44.3 Å². The number of sulfone groups is 1. The smallest absolute Gasteiger partial charge is 0.320 e. The molecule has 6 nitrogen and oxygen atoms in total. The largest absolute Gasteiger partial charge is 0.468 e. The fraction of sp³-hybridized carbons (Fsp3) is 0.778. The average Bonchev–Trinajstić information content (AvgIpc) is 2.64. The van der Waals surface area contributed by atoms with Crippen LogP contribution in [-0.2, 0) is 24.2 Å². The zero-order chi connectivity index (χ0) is 13.1. The van der Waals surface area contributed by atoms with E-state index in [1.54, 1.807) is 0 Å². The predicted octanol–water partition coefficient (Wildman–Crippen LogP) is -0.486. The van der Waals surface area contributed by atoms with Crippen molar-refractivity contribution in [2.45, 2.75) is 10.3 Å². The van der Waals surface area contributed by atoms with Crippen LogP contribution in [0.1, 0.15) is 6.42 Å². The molecule has 1 N–H and O–H groups in total. The highest BCUT2D eigenvalue weighted by atomic mass is 127. The standard InChI is InChI=1S/C9H14INO5S/c1-16-9(13)7(10)4-11-8(12)6-2-3-17(14,15)5-6/h6-7H,2-5H2,1H3,(H,11,12). The number of carbonyl (C=O) groups excluding carboxylic acids is 2. The van der Waals surface area contributed by atoms with Crippen LogP contribution in [0.15, 0.2) is 0 Å². The van der Waals surface area contributed by atoms with Crippen molar-refractivity contribution in [2.24, 2.45) is 5.92 Å². The summed E-state index contributed by atoms with van der Waals surface area (Å²) in [6, 6.07) is 0. The number of nitrogens with one attached hydrogen (secondary N) is 1. The average molecular weight is 375 g/mol. The summed E-state index contributed by atoms with van der Waals surface area (Å²) in [6.07, 6.45) is 0.359. The van der Waals surface area contributed by atoms with E-state index in [4.69, 9.17) is 0 Å². The monoisotopic (exact) mass is 375 g/mol. The molecule has 0 radical (unpaired) electrons. The van der Waals surface area contributed by atoms with E-state index < -0.39 is 25.6 Å². The van der Waals surface area contributed by atoms with Gasteiger partial charge in [0.1, 0.15) is 3.92 Å². The minimum Gasteiger partial charge on any atom is -0.468 e. The number of methoxy groups -OCH3 is 1. The first kappa shape index (κ1) is 14.7. The fourth-order valence-electron chi connectivity index (χ4n) is 1.55. The molecular formula is C9H14INO5S. The van der Waals surface area contributed by atoms with Crippen molar-refractivity contribution in [1.29, 1.82) is 0 Å². The van der Waals surface area contributed by atoms with Gasteiger partial charge < -0.3 is 10.1 Å². The van der Waals surface area contributed by atoms with Gasteiger partial charge in [-0.2, -0.15) is 0 Å². The van der Waals surface area contributed by atoms with Crippen molar-refractivity contribution < 1.29 is 22.7 Å². The number of halogens is 1. The Morgan fingerprint density at radius 2 is 2.18 bits per heavy atom. The summed E-state index contributed by atoms with van der Waals surface area (Å²) in [5, 5.41) is 2.57. The number of amides is 1.